The third-order valence-electron chi connectivity index (χ3n) is 4.61. The van der Waals surface area contributed by atoms with Crippen LogP contribution in [0.2, 0.25) is 10.0 Å². The molecule has 22 heavy (non-hydrogen) atoms. The maximum atomic E-state index is 12.6. The van der Waals surface area contributed by atoms with E-state index in [1.165, 1.54) is 0 Å². The monoisotopic (exact) mass is 340 g/mol. The molecule has 0 aromatic heterocycles. The van der Waals surface area contributed by atoms with E-state index in [4.69, 9.17) is 28.9 Å². The van der Waals surface area contributed by atoms with E-state index in [1.807, 2.05) is 12.1 Å². The molecule has 6 heteroatoms. The van der Waals surface area contributed by atoms with Gasteiger partial charge < -0.3 is 10.6 Å². The number of halogens is 2. The number of primary amides is 1. The van der Waals surface area contributed by atoms with Crippen molar-refractivity contribution in [3.63, 3.8) is 0 Å². The van der Waals surface area contributed by atoms with Crippen LogP contribution in [-0.2, 0) is 9.59 Å². The number of benzene rings is 1. The molecule has 2 fully saturated rings. The summed E-state index contributed by atoms with van der Waals surface area (Å²) in [5.41, 5.74) is 6.42. The van der Waals surface area contributed by atoms with Gasteiger partial charge in [-0.05, 0) is 42.9 Å². The Morgan fingerprint density at radius 1 is 1.23 bits per heavy atom. The summed E-state index contributed by atoms with van der Waals surface area (Å²) in [6.45, 7) is 1.17. The number of hydrogen-bond acceptors (Lipinski definition) is 2. The van der Waals surface area contributed by atoms with Crippen LogP contribution >= 0.6 is 23.2 Å². The zero-order valence-corrected chi connectivity index (χ0v) is 13.6. The molecule has 1 aromatic carbocycles. The van der Waals surface area contributed by atoms with Gasteiger partial charge in [-0.2, -0.15) is 0 Å². The highest BCUT2D eigenvalue weighted by molar-refractivity contribution is 6.42. The van der Waals surface area contributed by atoms with Crippen molar-refractivity contribution in [1.29, 1.82) is 0 Å². The van der Waals surface area contributed by atoms with Gasteiger partial charge in [-0.15, -0.1) is 0 Å². The van der Waals surface area contributed by atoms with E-state index >= 15 is 0 Å². The van der Waals surface area contributed by atoms with Gasteiger partial charge in [0.1, 0.15) is 0 Å². The summed E-state index contributed by atoms with van der Waals surface area (Å²) in [5.74, 6) is -0.198. The number of nitrogens with zero attached hydrogens (tertiary/aromatic N) is 1. The molecule has 1 saturated carbocycles. The third-order valence-corrected chi connectivity index (χ3v) is 5.35. The zero-order valence-electron chi connectivity index (χ0n) is 12.1. The minimum Gasteiger partial charge on any atom is -0.369 e. The van der Waals surface area contributed by atoms with Crippen molar-refractivity contribution in [3.8, 4) is 0 Å². The van der Waals surface area contributed by atoms with Crippen molar-refractivity contribution in [1.82, 2.24) is 4.90 Å². The largest absolute Gasteiger partial charge is 0.369 e. The second-order valence-electron chi connectivity index (χ2n) is 6.15. The highest BCUT2D eigenvalue weighted by Crippen LogP contribution is 2.49. The van der Waals surface area contributed by atoms with Crippen molar-refractivity contribution >= 4 is 35.0 Å². The number of carbonyl (C=O) groups is 2. The number of likely N-dealkylation sites (tertiary alicyclic amines) is 1. The normalized spacial score (nSPS) is 27.5. The summed E-state index contributed by atoms with van der Waals surface area (Å²) < 4.78 is 0. The van der Waals surface area contributed by atoms with Crippen molar-refractivity contribution < 1.29 is 9.59 Å². The van der Waals surface area contributed by atoms with Gasteiger partial charge in [0.05, 0.1) is 16.0 Å². The lowest BCUT2D eigenvalue weighted by Crippen LogP contribution is -2.44. The van der Waals surface area contributed by atoms with Crippen LogP contribution in [0.5, 0.6) is 0 Å². The predicted molar refractivity (Wildman–Crippen MR) is 85.8 cm³/mol. The number of amides is 2. The fraction of sp³-hybridized carbons (Fsp3) is 0.500. The molecule has 1 aliphatic heterocycles. The van der Waals surface area contributed by atoms with Crippen LogP contribution in [0.25, 0.3) is 0 Å². The topological polar surface area (TPSA) is 63.4 Å². The Morgan fingerprint density at radius 2 is 2.00 bits per heavy atom. The van der Waals surface area contributed by atoms with Gasteiger partial charge >= 0.3 is 0 Å². The molecule has 0 unspecified atom stereocenters. The van der Waals surface area contributed by atoms with E-state index in [1.54, 1.807) is 11.0 Å². The van der Waals surface area contributed by atoms with Gasteiger partial charge in [0.25, 0.3) is 0 Å². The second-order valence-corrected chi connectivity index (χ2v) is 6.96. The second kappa shape index (κ2) is 6.09. The van der Waals surface area contributed by atoms with Crippen LogP contribution in [0.3, 0.4) is 0 Å². The lowest BCUT2D eigenvalue weighted by molar-refractivity contribution is -0.136. The highest BCUT2D eigenvalue weighted by Gasteiger charge is 2.46. The Labute approximate surface area is 139 Å². The van der Waals surface area contributed by atoms with Crippen molar-refractivity contribution in [3.05, 3.63) is 33.8 Å². The Balaban J connectivity index is 1.65. The van der Waals surface area contributed by atoms with Gasteiger partial charge in [-0.25, -0.2) is 0 Å². The molecule has 4 nitrogen and oxygen atoms in total. The maximum absolute atomic E-state index is 12.6. The number of carbonyl (C=O) groups excluding carboxylic acids is 2. The van der Waals surface area contributed by atoms with Crippen LogP contribution < -0.4 is 5.73 Å². The molecule has 1 aromatic rings. The molecule has 2 N–H and O–H groups in total. The first kappa shape index (κ1) is 15.6. The summed E-state index contributed by atoms with van der Waals surface area (Å²) in [5, 5.41) is 1.04. The van der Waals surface area contributed by atoms with E-state index < -0.39 is 0 Å². The van der Waals surface area contributed by atoms with Crippen LogP contribution in [-0.4, -0.2) is 29.8 Å². The Kier molecular flexibility index (Phi) is 4.33. The van der Waals surface area contributed by atoms with E-state index in [0.29, 0.717) is 23.1 Å². The standard InChI is InChI=1S/C16H18Cl2N2O2/c17-13-4-3-9(6-14(13)18)11-7-12(11)16(22)20-5-1-2-10(8-20)15(19)21/h3-4,6,10-12H,1-2,5,7-8H2,(H2,19,21)/t10-,11-,12+/m1/s1. The van der Waals surface area contributed by atoms with E-state index in [9.17, 15) is 9.59 Å². The van der Waals surface area contributed by atoms with Crippen molar-refractivity contribution in [2.24, 2.45) is 17.6 Å². The molecule has 2 aliphatic rings. The quantitative estimate of drug-likeness (QED) is 0.919. The lowest BCUT2D eigenvalue weighted by atomic mass is 9.97. The fourth-order valence-electron chi connectivity index (χ4n) is 3.22. The summed E-state index contributed by atoms with van der Waals surface area (Å²) in [7, 11) is 0. The minimum absolute atomic E-state index is 0.0103. The predicted octanol–water partition coefficient (Wildman–Crippen LogP) is 2.82. The first-order chi connectivity index (χ1) is 10.5. The van der Waals surface area contributed by atoms with Crippen LogP contribution in [0.1, 0.15) is 30.7 Å². The van der Waals surface area contributed by atoms with Crippen LogP contribution in [0.15, 0.2) is 18.2 Å². The molecular weight excluding hydrogens is 323 g/mol. The third kappa shape index (κ3) is 3.08. The Hall–Kier alpha value is -1.26. The lowest BCUT2D eigenvalue weighted by Gasteiger charge is -2.31. The van der Waals surface area contributed by atoms with Gasteiger partial charge in [-0.3, -0.25) is 9.59 Å². The first-order valence-electron chi connectivity index (χ1n) is 7.50. The SMILES string of the molecule is NC(=O)[C@@H]1CCCN(C(=O)[C@H]2C[C@@H]2c2ccc(Cl)c(Cl)c2)C1. The first-order valence-corrected chi connectivity index (χ1v) is 8.26. The average molecular weight is 341 g/mol. The van der Waals surface area contributed by atoms with Gasteiger partial charge in [0.15, 0.2) is 0 Å². The molecule has 3 atom stereocenters. The smallest absolute Gasteiger partial charge is 0.226 e. The van der Waals surface area contributed by atoms with Crippen molar-refractivity contribution in [2.45, 2.75) is 25.2 Å². The Bertz CT molecular complexity index is 620. The van der Waals surface area contributed by atoms with Gasteiger partial charge in [0, 0.05) is 19.0 Å². The molecule has 118 valence electrons. The minimum atomic E-state index is -0.311. The Morgan fingerprint density at radius 3 is 2.68 bits per heavy atom. The number of piperidine rings is 1. The molecule has 3 rings (SSSR count). The maximum Gasteiger partial charge on any atom is 0.226 e. The molecule has 1 saturated heterocycles. The van der Waals surface area contributed by atoms with Crippen LogP contribution in [0.4, 0.5) is 0 Å². The summed E-state index contributed by atoms with van der Waals surface area (Å²) in [6, 6.07) is 5.53. The summed E-state index contributed by atoms with van der Waals surface area (Å²) in [4.78, 5) is 25.7. The molecular formula is C16H18Cl2N2O2. The summed E-state index contributed by atoms with van der Waals surface area (Å²) in [6.07, 6.45) is 2.44. The highest BCUT2D eigenvalue weighted by atomic mass is 35.5. The molecule has 0 spiro atoms. The van der Waals surface area contributed by atoms with E-state index in [-0.39, 0.29) is 29.6 Å². The number of hydrogen-bond donors (Lipinski definition) is 1. The fourth-order valence-corrected chi connectivity index (χ4v) is 3.53. The molecule has 0 bridgehead atoms. The van der Waals surface area contributed by atoms with E-state index in [0.717, 1.165) is 24.8 Å². The van der Waals surface area contributed by atoms with Crippen molar-refractivity contribution in [2.75, 3.05) is 13.1 Å². The average Bonchev–Trinajstić information content (AvgIpc) is 3.30. The molecule has 1 heterocycles. The molecule has 2 amide bonds. The van der Waals surface area contributed by atoms with Gasteiger partial charge in [-0.1, -0.05) is 29.3 Å². The van der Waals surface area contributed by atoms with Gasteiger partial charge in [0.2, 0.25) is 11.8 Å². The zero-order chi connectivity index (χ0) is 15.9. The molecule has 0 radical (unpaired) electrons. The number of nitrogens with two attached hydrogens (primary N) is 1. The van der Waals surface area contributed by atoms with Crippen LogP contribution in [0, 0.1) is 11.8 Å². The number of rotatable bonds is 3. The molecule has 1 aliphatic carbocycles. The van der Waals surface area contributed by atoms with E-state index in [2.05, 4.69) is 0 Å². The summed E-state index contributed by atoms with van der Waals surface area (Å²) >= 11 is 12.0.